The molecule has 1 aromatic carbocycles. The number of anilines is 3. The van der Waals surface area contributed by atoms with E-state index in [1.54, 1.807) is 7.11 Å². The van der Waals surface area contributed by atoms with Crippen molar-refractivity contribution >= 4 is 35.0 Å². The molecule has 1 fully saturated rings. The van der Waals surface area contributed by atoms with Crippen molar-refractivity contribution in [3.8, 4) is 5.75 Å². The summed E-state index contributed by atoms with van der Waals surface area (Å²) in [6.07, 6.45) is 10.2. The fourth-order valence-corrected chi connectivity index (χ4v) is 6.08. The van der Waals surface area contributed by atoms with Crippen LogP contribution in [0.15, 0.2) is 30.5 Å². The molecule has 0 aliphatic heterocycles. The van der Waals surface area contributed by atoms with Crippen molar-refractivity contribution < 1.29 is 19.7 Å². The summed E-state index contributed by atoms with van der Waals surface area (Å²) >= 11 is 6.40. The van der Waals surface area contributed by atoms with Gasteiger partial charge < -0.3 is 30.9 Å². The molecule has 36 heavy (non-hydrogen) atoms. The lowest BCUT2D eigenvalue weighted by molar-refractivity contribution is -0.142. The van der Waals surface area contributed by atoms with Gasteiger partial charge in [0.15, 0.2) is 5.82 Å². The summed E-state index contributed by atoms with van der Waals surface area (Å²) in [7, 11) is 1.66. The van der Waals surface area contributed by atoms with Gasteiger partial charge in [0.2, 0.25) is 5.95 Å². The number of nitrogens with zero attached hydrogens (tertiary/aromatic N) is 2. The van der Waals surface area contributed by atoms with Crippen LogP contribution in [0.25, 0.3) is 0 Å². The number of carbonyl (C=O) groups is 1. The molecule has 1 unspecified atom stereocenters. The Balaban J connectivity index is 1.35. The van der Waals surface area contributed by atoms with E-state index in [0.717, 1.165) is 43.5 Å². The highest BCUT2D eigenvalue weighted by atomic mass is 35.5. The van der Waals surface area contributed by atoms with Gasteiger partial charge >= 0.3 is 5.97 Å². The van der Waals surface area contributed by atoms with E-state index < -0.39 is 11.9 Å². The van der Waals surface area contributed by atoms with Crippen LogP contribution in [0, 0.1) is 17.8 Å². The molecule has 0 radical (unpaired) electrons. The molecule has 2 aromatic rings. The number of fused-ring (bicyclic) bond motifs is 3. The smallest absolute Gasteiger partial charge is 0.309 e. The van der Waals surface area contributed by atoms with E-state index in [-0.39, 0.29) is 24.5 Å². The average molecular weight is 514 g/mol. The Kier molecular flexibility index (Phi) is 7.32. The number of aliphatic hydroxyl groups is 1. The molecule has 2 bridgehead atoms. The second kappa shape index (κ2) is 10.6. The molecule has 5 N–H and O–H groups in total. The van der Waals surface area contributed by atoms with Gasteiger partial charge in [-0.25, -0.2) is 4.98 Å². The number of halogens is 1. The Hall–Kier alpha value is -2.88. The van der Waals surface area contributed by atoms with Crippen LogP contribution in [0.3, 0.4) is 0 Å². The van der Waals surface area contributed by atoms with Crippen molar-refractivity contribution in [2.75, 3.05) is 30.9 Å². The molecule has 10 heteroatoms. The molecule has 0 spiro atoms. The average Bonchev–Trinajstić information content (AvgIpc) is 3.41. The van der Waals surface area contributed by atoms with Crippen molar-refractivity contribution in [2.24, 2.45) is 17.8 Å². The summed E-state index contributed by atoms with van der Waals surface area (Å²) in [5, 5.41) is 29.2. The van der Waals surface area contributed by atoms with Crippen LogP contribution in [0.1, 0.15) is 30.4 Å². The van der Waals surface area contributed by atoms with Crippen molar-refractivity contribution in [3.05, 3.63) is 46.6 Å². The van der Waals surface area contributed by atoms with Crippen LogP contribution in [-0.4, -0.2) is 58.5 Å². The van der Waals surface area contributed by atoms with E-state index in [9.17, 15) is 9.90 Å². The number of ether oxygens (including phenoxy) is 1. The number of aryl methyl sites for hydroxylation is 1. The topological polar surface area (TPSA) is 129 Å². The lowest BCUT2D eigenvalue weighted by atomic mass is 9.89. The number of methoxy groups -OCH3 is 1. The largest absolute Gasteiger partial charge is 0.494 e. The normalized spacial score (nSPS) is 26.4. The van der Waals surface area contributed by atoms with Crippen LogP contribution in [0.4, 0.5) is 17.5 Å². The lowest BCUT2D eigenvalue weighted by Crippen LogP contribution is -2.38. The Bertz CT molecular complexity index is 1160. The SMILES string of the molecule is COc1c(Nc2ncc(Cl)c(N[C@H]3[C@@H](C(=O)O)[C@@H]4C=C[C@H]3C4)n2)ccc2c1CCC(NCCO)CC2. The molecule has 0 amide bonds. The number of allylic oxidation sites excluding steroid dienone is 1. The standard InChI is InChI=1S/C26H32ClN5O4/c1-36-23-18-8-7-17(28-10-11-33)6-4-14(18)5-9-20(23)30-26-29-13-19(27)24(32-26)31-22-16-3-2-15(12-16)21(22)25(34)35/h2-3,5,9,13,15-17,21-22,28,33H,4,6-8,10-12H2,1H3,(H,34,35)(H2,29,30,31,32)/t15-,16+,17?,21+,22-/m1/s1. The van der Waals surface area contributed by atoms with E-state index >= 15 is 0 Å². The number of rotatable bonds is 9. The number of carboxylic acid groups (broad SMARTS) is 1. The quantitative estimate of drug-likeness (QED) is 0.253. The van der Waals surface area contributed by atoms with E-state index in [1.807, 2.05) is 12.1 Å². The van der Waals surface area contributed by atoms with Crippen LogP contribution in [0.5, 0.6) is 5.75 Å². The Morgan fingerprint density at radius 1 is 1.22 bits per heavy atom. The number of aliphatic hydroxyl groups excluding tert-OH is 1. The highest BCUT2D eigenvalue weighted by Gasteiger charge is 2.48. The highest BCUT2D eigenvalue weighted by Crippen LogP contribution is 2.45. The molecular formula is C26H32ClN5O4. The molecule has 0 saturated heterocycles. The molecule has 192 valence electrons. The fourth-order valence-electron chi connectivity index (χ4n) is 5.94. The van der Waals surface area contributed by atoms with Gasteiger partial charge in [-0.2, -0.15) is 4.98 Å². The number of hydrogen-bond acceptors (Lipinski definition) is 8. The first-order valence-electron chi connectivity index (χ1n) is 12.5. The maximum Gasteiger partial charge on any atom is 0.309 e. The predicted molar refractivity (Wildman–Crippen MR) is 138 cm³/mol. The van der Waals surface area contributed by atoms with Crippen molar-refractivity contribution in [3.63, 3.8) is 0 Å². The zero-order valence-corrected chi connectivity index (χ0v) is 21.0. The summed E-state index contributed by atoms with van der Waals surface area (Å²) < 4.78 is 5.83. The molecule has 1 saturated carbocycles. The van der Waals surface area contributed by atoms with E-state index in [4.69, 9.17) is 21.4 Å². The van der Waals surface area contributed by atoms with Gasteiger partial charge in [0.25, 0.3) is 0 Å². The fraction of sp³-hybridized carbons (Fsp3) is 0.500. The van der Waals surface area contributed by atoms with Crippen LogP contribution in [0.2, 0.25) is 5.02 Å². The van der Waals surface area contributed by atoms with Crippen molar-refractivity contribution in [1.82, 2.24) is 15.3 Å². The minimum Gasteiger partial charge on any atom is -0.494 e. The highest BCUT2D eigenvalue weighted by molar-refractivity contribution is 6.32. The summed E-state index contributed by atoms with van der Waals surface area (Å²) in [6, 6.07) is 4.18. The number of nitrogens with one attached hydrogen (secondary N) is 3. The summed E-state index contributed by atoms with van der Waals surface area (Å²) in [6.45, 7) is 0.732. The number of carboxylic acids is 1. The number of hydrogen-bond donors (Lipinski definition) is 5. The van der Waals surface area contributed by atoms with Crippen molar-refractivity contribution in [1.29, 1.82) is 0 Å². The maximum absolute atomic E-state index is 11.9. The third-order valence-electron chi connectivity index (χ3n) is 7.65. The maximum atomic E-state index is 11.9. The van der Waals surface area contributed by atoms with Gasteiger partial charge in [0, 0.05) is 18.6 Å². The van der Waals surface area contributed by atoms with Crippen LogP contribution < -0.4 is 20.7 Å². The lowest BCUT2D eigenvalue weighted by Gasteiger charge is -2.26. The number of benzene rings is 1. The number of aliphatic carboxylic acids is 1. The minimum atomic E-state index is -0.809. The van der Waals surface area contributed by atoms with E-state index in [2.05, 4.69) is 38.1 Å². The molecule has 3 aliphatic rings. The first kappa shape index (κ1) is 24.8. The molecular weight excluding hydrogens is 482 g/mol. The first-order chi connectivity index (χ1) is 17.5. The van der Waals surface area contributed by atoms with Gasteiger partial charge in [0.05, 0.1) is 31.5 Å². The van der Waals surface area contributed by atoms with Crippen LogP contribution >= 0.6 is 11.6 Å². The third kappa shape index (κ3) is 4.87. The van der Waals surface area contributed by atoms with Gasteiger partial charge in [-0.1, -0.05) is 29.8 Å². The number of aromatic nitrogens is 2. The zero-order chi connectivity index (χ0) is 25.2. The molecule has 1 heterocycles. The van der Waals surface area contributed by atoms with Gasteiger partial charge in [-0.3, -0.25) is 4.79 Å². The van der Waals surface area contributed by atoms with Gasteiger partial charge in [-0.05, 0) is 61.1 Å². The molecule has 3 aliphatic carbocycles. The first-order valence-corrected chi connectivity index (χ1v) is 12.9. The van der Waals surface area contributed by atoms with Crippen molar-refractivity contribution in [2.45, 2.75) is 44.2 Å². The Morgan fingerprint density at radius 2 is 2.03 bits per heavy atom. The predicted octanol–water partition coefficient (Wildman–Crippen LogP) is 3.40. The van der Waals surface area contributed by atoms with Crippen LogP contribution in [-0.2, 0) is 17.6 Å². The second-order valence-corrected chi connectivity index (χ2v) is 10.1. The second-order valence-electron chi connectivity index (χ2n) is 9.73. The Morgan fingerprint density at radius 3 is 2.81 bits per heavy atom. The summed E-state index contributed by atoms with van der Waals surface area (Å²) in [5.41, 5.74) is 3.19. The summed E-state index contributed by atoms with van der Waals surface area (Å²) in [4.78, 5) is 20.8. The molecule has 5 atom stereocenters. The monoisotopic (exact) mass is 513 g/mol. The van der Waals surface area contributed by atoms with E-state index in [1.165, 1.54) is 17.3 Å². The third-order valence-corrected chi connectivity index (χ3v) is 7.93. The zero-order valence-electron chi connectivity index (χ0n) is 20.2. The molecule has 1 aromatic heterocycles. The van der Waals surface area contributed by atoms with E-state index in [0.29, 0.717) is 29.4 Å². The Labute approximate surface area is 215 Å². The minimum absolute atomic E-state index is 0.0329. The molecule has 9 nitrogen and oxygen atoms in total. The molecule has 5 rings (SSSR count). The summed E-state index contributed by atoms with van der Waals surface area (Å²) in [5.74, 6) is 0.385. The van der Waals surface area contributed by atoms with Gasteiger partial charge in [-0.15, -0.1) is 0 Å². The van der Waals surface area contributed by atoms with Gasteiger partial charge in [0.1, 0.15) is 10.8 Å².